The maximum atomic E-state index is 13.2. The van der Waals surface area contributed by atoms with Gasteiger partial charge in [-0.25, -0.2) is 0 Å². The first-order chi connectivity index (χ1) is 18.0. The molecule has 1 N–H and O–H groups in total. The van der Waals surface area contributed by atoms with Crippen LogP contribution in [0.4, 0.5) is 0 Å². The molecule has 2 unspecified atom stereocenters. The molecule has 5 rings (SSSR count). The number of fused-ring (bicyclic) bond motifs is 1. The number of nitriles is 1. The van der Waals surface area contributed by atoms with E-state index in [1.807, 2.05) is 0 Å². The number of aryl methyl sites for hydroxylation is 1. The number of amides is 1. The van der Waals surface area contributed by atoms with E-state index in [0.717, 1.165) is 57.1 Å². The number of nitrogens with zero attached hydrogens (tertiary/aromatic N) is 3. The average molecular weight is 610 g/mol. The molecule has 7 heteroatoms. The molecule has 37 heavy (non-hydrogen) atoms. The molecule has 1 aliphatic heterocycles. The fourth-order valence-electron chi connectivity index (χ4n) is 6.14. The van der Waals surface area contributed by atoms with Crippen LogP contribution in [-0.4, -0.2) is 21.2 Å². The third-order valence-electron chi connectivity index (χ3n) is 8.14. The predicted octanol–water partition coefficient (Wildman–Crippen LogP) is 0.998. The van der Waals surface area contributed by atoms with Crippen LogP contribution in [0.2, 0.25) is 0 Å². The Labute approximate surface area is 228 Å². The van der Waals surface area contributed by atoms with Crippen molar-refractivity contribution in [1.29, 1.82) is 5.26 Å². The summed E-state index contributed by atoms with van der Waals surface area (Å²) in [5, 5.41) is 14.6. The van der Waals surface area contributed by atoms with Gasteiger partial charge < -0.3 is 0 Å². The number of allylic oxidation sites excluding steroid dienone is 1. The van der Waals surface area contributed by atoms with Gasteiger partial charge in [-0.1, -0.05) is 0 Å². The van der Waals surface area contributed by atoms with E-state index in [4.69, 9.17) is 5.26 Å². The SMILES string of the molecule is Cn1cc(C2CCCCC(C(=O)C3CCCC3)CC2)c2c1=C[I-]C=C(NC(=O)c1cc(C#N)ccn1)C=2. The van der Waals surface area contributed by atoms with Gasteiger partial charge in [-0.15, -0.1) is 0 Å². The Morgan fingerprint density at radius 3 is 2.54 bits per heavy atom. The molecule has 194 valence electrons. The fraction of sp³-hybridized carbons (Fsp3) is 0.467. The number of pyridine rings is 1. The van der Waals surface area contributed by atoms with Gasteiger partial charge in [0.25, 0.3) is 0 Å². The maximum absolute atomic E-state index is 13.2. The Morgan fingerprint density at radius 2 is 1.78 bits per heavy atom. The summed E-state index contributed by atoms with van der Waals surface area (Å²) in [6.45, 7) is 0. The number of carbonyl (C=O) groups is 2. The molecule has 0 bridgehead atoms. The van der Waals surface area contributed by atoms with Gasteiger partial charge in [0.2, 0.25) is 0 Å². The van der Waals surface area contributed by atoms with E-state index >= 15 is 0 Å². The zero-order valence-corrected chi connectivity index (χ0v) is 23.5. The summed E-state index contributed by atoms with van der Waals surface area (Å²) >= 11 is -0.379. The second-order valence-electron chi connectivity index (χ2n) is 10.6. The molecule has 0 saturated heterocycles. The number of Topliss-reactive ketones (excluding diaryl/α,β-unsaturated/α-hetero) is 1. The standard InChI is InChI=1S/C30H34IN4O2/c1-35-19-26(21-6-2-3-9-23(11-10-21)29(36)22-7-4-5-8-22)25-15-24(16-31-17-28(25)35)34-30(37)27-14-20(18-32)12-13-33-27/h12-17,19,21-23H,2-11H2,1H3,(H,34,37)/q-1. The van der Waals surface area contributed by atoms with Crippen LogP contribution in [-0.2, 0) is 11.8 Å². The molecular weight excluding hydrogens is 575 g/mol. The summed E-state index contributed by atoms with van der Waals surface area (Å²) in [4.78, 5) is 30.3. The van der Waals surface area contributed by atoms with E-state index in [1.165, 1.54) is 41.2 Å². The van der Waals surface area contributed by atoms with E-state index in [2.05, 4.69) is 48.4 Å². The minimum absolute atomic E-state index is 0.223. The van der Waals surface area contributed by atoms with E-state index < -0.39 is 0 Å². The van der Waals surface area contributed by atoms with E-state index in [0.29, 0.717) is 23.2 Å². The second kappa shape index (κ2) is 11.8. The Balaban J connectivity index is 1.38. The molecule has 0 radical (unpaired) electrons. The minimum atomic E-state index is -0.379. The summed E-state index contributed by atoms with van der Waals surface area (Å²) in [7, 11) is 2.10. The van der Waals surface area contributed by atoms with Gasteiger partial charge in [0.1, 0.15) is 0 Å². The van der Waals surface area contributed by atoms with Gasteiger partial charge in [-0.05, 0) is 0 Å². The predicted molar refractivity (Wildman–Crippen MR) is 139 cm³/mol. The van der Waals surface area contributed by atoms with Crippen LogP contribution >= 0.6 is 0 Å². The Hall–Kier alpha value is -2.73. The molecule has 6 nitrogen and oxygen atoms in total. The molecule has 2 aromatic rings. The van der Waals surface area contributed by atoms with Crippen molar-refractivity contribution in [2.75, 3.05) is 0 Å². The summed E-state index contributed by atoms with van der Waals surface area (Å²) < 4.78 is 6.66. The van der Waals surface area contributed by atoms with Crippen molar-refractivity contribution < 1.29 is 30.8 Å². The first-order valence-electron chi connectivity index (χ1n) is 13.4. The number of halogens is 1. The number of hydrogen-bond acceptors (Lipinski definition) is 4. The van der Waals surface area contributed by atoms with Crippen molar-refractivity contribution in [1.82, 2.24) is 14.9 Å². The van der Waals surface area contributed by atoms with Gasteiger partial charge in [0.05, 0.1) is 0 Å². The summed E-state index contributed by atoms with van der Waals surface area (Å²) in [5.41, 5.74) is 2.79. The molecule has 1 amide bonds. The van der Waals surface area contributed by atoms with Gasteiger partial charge in [0.15, 0.2) is 0 Å². The molecular formula is C30H34IN4O2-. The molecule has 2 aromatic heterocycles. The second-order valence-corrected chi connectivity index (χ2v) is 12.5. The van der Waals surface area contributed by atoms with Crippen LogP contribution < -0.4 is 37.1 Å². The van der Waals surface area contributed by atoms with Crippen molar-refractivity contribution in [2.24, 2.45) is 18.9 Å². The first kappa shape index (κ1) is 25.9. The number of rotatable bonds is 5. The molecule has 2 atom stereocenters. The van der Waals surface area contributed by atoms with E-state index in [9.17, 15) is 9.59 Å². The monoisotopic (exact) mass is 609 g/mol. The molecule has 3 aliphatic rings. The molecule has 2 aliphatic carbocycles. The Morgan fingerprint density at radius 1 is 1.05 bits per heavy atom. The molecule has 2 fully saturated rings. The van der Waals surface area contributed by atoms with Crippen LogP contribution in [0.1, 0.15) is 91.7 Å². The molecule has 0 spiro atoms. The Bertz CT molecular complexity index is 1380. The van der Waals surface area contributed by atoms with Crippen LogP contribution in [0.5, 0.6) is 0 Å². The Kier molecular flexibility index (Phi) is 8.23. The zero-order chi connectivity index (χ0) is 25.8. The number of nitrogens with one attached hydrogen (secondary N) is 1. The quantitative estimate of drug-likeness (QED) is 0.513. The van der Waals surface area contributed by atoms with Crippen molar-refractivity contribution in [3.8, 4) is 6.07 Å². The van der Waals surface area contributed by atoms with Crippen LogP contribution in [0.25, 0.3) is 10.2 Å². The third-order valence-corrected chi connectivity index (χ3v) is 10.1. The summed E-state index contributed by atoms with van der Waals surface area (Å²) in [6.07, 6.45) is 17.0. The van der Waals surface area contributed by atoms with Gasteiger partial charge in [-0.2, -0.15) is 0 Å². The summed E-state index contributed by atoms with van der Waals surface area (Å²) in [5.74, 6) is 1.19. The summed E-state index contributed by atoms with van der Waals surface area (Å²) in [6, 6.07) is 5.18. The first-order valence-corrected chi connectivity index (χ1v) is 15.9. The van der Waals surface area contributed by atoms with Crippen LogP contribution in [0.15, 0.2) is 34.3 Å². The normalized spacial score (nSPS) is 22.4. The third kappa shape index (κ3) is 5.90. The van der Waals surface area contributed by atoms with Gasteiger partial charge in [0, 0.05) is 0 Å². The van der Waals surface area contributed by atoms with Crippen LogP contribution in [0, 0.1) is 23.2 Å². The average Bonchev–Trinajstić information content (AvgIpc) is 3.47. The molecule has 0 aromatic carbocycles. The van der Waals surface area contributed by atoms with Crippen molar-refractivity contribution >= 4 is 21.8 Å². The van der Waals surface area contributed by atoms with Gasteiger partial charge >= 0.3 is 230 Å². The van der Waals surface area contributed by atoms with Crippen molar-refractivity contribution in [3.05, 3.63) is 61.7 Å². The van der Waals surface area contributed by atoms with Gasteiger partial charge in [-0.3, -0.25) is 0 Å². The fourth-order valence-corrected chi connectivity index (χ4v) is 8.16. The van der Waals surface area contributed by atoms with Crippen LogP contribution in [0.3, 0.4) is 0 Å². The number of aromatic nitrogens is 2. The number of hydrogen-bond donors (Lipinski definition) is 1. The number of ketones is 1. The van der Waals surface area contributed by atoms with E-state index in [-0.39, 0.29) is 38.7 Å². The molecule has 2 saturated carbocycles. The number of carbonyl (C=O) groups excluding carboxylic acids is 2. The topological polar surface area (TPSA) is 87.8 Å². The van der Waals surface area contributed by atoms with Crippen molar-refractivity contribution in [2.45, 2.75) is 70.1 Å². The zero-order valence-electron chi connectivity index (χ0n) is 21.4. The van der Waals surface area contributed by atoms with E-state index in [1.54, 1.807) is 6.07 Å². The molecule has 3 heterocycles. The van der Waals surface area contributed by atoms with Crippen molar-refractivity contribution in [3.63, 3.8) is 0 Å².